The van der Waals surface area contributed by atoms with Crippen molar-refractivity contribution >= 4 is 56.3 Å². The molecule has 2 aromatic carbocycles. The van der Waals surface area contributed by atoms with Gasteiger partial charge in [-0.25, -0.2) is 0 Å². The minimum atomic E-state index is -0.256. The van der Waals surface area contributed by atoms with Gasteiger partial charge in [0.25, 0.3) is 5.91 Å². The number of benzene rings is 2. The topological polar surface area (TPSA) is 55.1 Å². The summed E-state index contributed by atoms with van der Waals surface area (Å²) >= 11 is 14.3. The van der Waals surface area contributed by atoms with Gasteiger partial charge in [-0.2, -0.15) is 0 Å². The van der Waals surface area contributed by atoms with Crippen LogP contribution in [0.1, 0.15) is 15.9 Å². The van der Waals surface area contributed by atoms with Gasteiger partial charge in [0.05, 0.1) is 10.7 Å². The van der Waals surface area contributed by atoms with Crippen molar-refractivity contribution in [2.24, 2.45) is 5.73 Å². The van der Waals surface area contributed by atoms with Crippen LogP contribution in [0.25, 0.3) is 0 Å². The Bertz CT molecular complexity index is 691. The molecule has 0 aliphatic carbocycles. The van der Waals surface area contributed by atoms with Crippen LogP contribution in [0.15, 0.2) is 46.9 Å². The number of hydrogen-bond acceptors (Lipinski definition) is 2. The Kier molecular flexibility index (Phi) is 4.75. The van der Waals surface area contributed by atoms with Crippen LogP contribution < -0.4 is 11.1 Å². The molecule has 3 N–H and O–H groups in total. The molecule has 0 aliphatic rings. The quantitative estimate of drug-likeness (QED) is 0.804. The van der Waals surface area contributed by atoms with Gasteiger partial charge in [-0.3, -0.25) is 4.79 Å². The highest BCUT2D eigenvalue weighted by atomic mass is 79.9. The summed E-state index contributed by atoms with van der Waals surface area (Å²) < 4.78 is 0.827. The predicted molar refractivity (Wildman–Crippen MR) is 89.4 cm³/mol. The lowest BCUT2D eigenvalue weighted by molar-refractivity contribution is 0.102. The summed E-state index contributed by atoms with van der Waals surface area (Å²) in [6.07, 6.45) is 0. The highest BCUT2D eigenvalue weighted by Crippen LogP contribution is 2.24. The summed E-state index contributed by atoms with van der Waals surface area (Å²) in [5.41, 5.74) is 7.21. The van der Waals surface area contributed by atoms with E-state index in [1.54, 1.807) is 36.4 Å². The van der Waals surface area contributed by atoms with E-state index in [0.717, 1.165) is 4.47 Å². The Morgan fingerprint density at radius 2 is 1.95 bits per heavy atom. The van der Waals surface area contributed by atoms with E-state index in [1.807, 2.05) is 6.07 Å². The fraction of sp³-hybridized carbons (Fsp3) is 0. The molecule has 2 aromatic rings. The maximum absolute atomic E-state index is 12.1. The van der Waals surface area contributed by atoms with Gasteiger partial charge in [0.2, 0.25) is 0 Å². The lowest BCUT2D eigenvalue weighted by Crippen LogP contribution is -2.14. The van der Waals surface area contributed by atoms with Gasteiger partial charge in [-0.15, -0.1) is 0 Å². The molecule has 102 valence electrons. The van der Waals surface area contributed by atoms with Gasteiger partial charge in [0, 0.05) is 15.6 Å². The molecule has 0 spiro atoms. The second-order valence-electron chi connectivity index (χ2n) is 4.02. The largest absolute Gasteiger partial charge is 0.389 e. The fourth-order valence-electron chi connectivity index (χ4n) is 1.60. The van der Waals surface area contributed by atoms with Crippen molar-refractivity contribution in [1.82, 2.24) is 0 Å². The first-order valence-corrected chi connectivity index (χ1v) is 7.21. The molecule has 0 radical (unpaired) electrons. The zero-order valence-corrected chi connectivity index (χ0v) is 13.3. The number of carbonyl (C=O) groups is 1. The average Bonchev–Trinajstić information content (AvgIpc) is 2.41. The Morgan fingerprint density at radius 3 is 2.60 bits per heavy atom. The van der Waals surface area contributed by atoms with Crippen molar-refractivity contribution in [3.63, 3.8) is 0 Å². The SMILES string of the molecule is NC(=S)c1ccc(Cl)c(NC(=O)c2cccc(Br)c2)c1. The third kappa shape index (κ3) is 3.56. The summed E-state index contributed by atoms with van der Waals surface area (Å²) in [5.74, 6) is -0.256. The fourth-order valence-corrected chi connectivity index (χ4v) is 2.29. The van der Waals surface area contributed by atoms with Crippen molar-refractivity contribution in [2.75, 3.05) is 5.32 Å². The van der Waals surface area contributed by atoms with Crippen LogP contribution in [0, 0.1) is 0 Å². The highest BCUT2D eigenvalue weighted by molar-refractivity contribution is 9.10. The number of amides is 1. The molecule has 0 aliphatic heterocycles. The molecular weight excluding hydrogens is 360 g/mol. The lowest BCUT2D eigenvalue weighted by Gasteiger charge is -2.09. The number of anilines is 1. The van der Waals surface area contributed by atoms with E-state index < -0.39 is 0 Å². The normalized spacial score (nSPS) is 10.1. The zero-order chi connectivity index (χ0) is 14.7. The average molecular weight is 370 g/mol. The van der Waals surface area contributed by atoms with Gasteiger partial charge >= 0.3 is 0 Å². The molecule has 3 nitrogen and oxygen atoms in total. The van der Waals surface area contributed by atoms with Crippen LogP contribution in [0.2, 0.25) is 5.02 Å². The van der Waals surface area contributed by atoms with Gasteiger partial charge in [0.1, 0.15) is 4.99 Å². The minimum Gasteiger partial charge on any atom is -0.389 e. The lowest BCUT2D eigenvalue weighted by atomic mass is 10.1. The molecule has 0 bridgehead atoms. The summed E-state index contributed by atoms with van der Waals surface area (Å²) in [6, 6.07) is 12.1. The van der Waals surface area contributed by atoms with E-state index in [2.05, 4.69) is 21.2 Å². The maximum Gasteiger partial charge on any atom is 0.255 e. The molecule has 0 saturated heterocycles. The first-order valence-electron chi connectivity index (χ1n) is 5.63. The number of thiocarbonyl (C=S) groups is 1. The smallest absolute Gasteiger partial charge is 0.255 e. The second-order valence-corrected chi connectivity index (χ2v) is 5.79. The number of halogens is 2. The molecule has 0 heterocycles. The Balaban J connectivity index is 2.27. The standard InChI is InChI=1S/C14H10BrClN2OS/c15-10-3-1-2-9(6-10)14(19)18-12-7-8(13(17)20)4-5-11(12)16/h1-7H,(H2,17,20)(H,18,19). The Morgan fingerprint density at radius 1 is 1.20 bits per heavy atom. The molecule has 0 saturated carbocycles. The van der Waals surface area contributed by atoms with Gasteiger partial charge in [-0.1, -0.05) is 51.9 Å². The van der Waals surface area contributed by atoms with Crippen molar-refractivity contribution in [3.8, 4) is 0 Å². The van der Waals surface area contributed by atoms with Crippen LogP contribution in [-0.4, -0.2) is 10.9 Å². The molecule has 0 atom stereocenters. The maximum atomic E-state index is 12.1. The molecular formula is C14H10BrClN2OS. The van der Waals surface area contributed by atoms with Crippen LogP contribution in [0.4, 0.5) is 5.69 Å². The van der Waals surface area contributed by atoms with Crippen LogP contribution >= 0.6 is 39.7 Å². The highest BCUT2D eigenvalue weighted by Gasteiger charge is 2.10. The molecule has 1 amide bonds. The van der Waals surface area contributed by atoms with Gasteiger partial charge < -0.3 is 11.1 Å². The van der Waals surface area contributed by atoms with Crippen LogP contribution in [0.3, 0.4) is 0 Å². The van der Waals surface area contributed by atoms with E-state index in [-0.39, 0.29) is 10.9 Å². The van der Waals surface area contributed by atoms with E-state index >= 15 is 0 Å². The number of nitrogens with one attached hydrogen (secondary N) is 1. The third-order valence-electron chi connectivity index (χ3n) is 2.59. The summed E-state index contributed by atoms with van der Waals surface area (Å²) in [6.45, 7) is 0. The summed E-state index contributed by atoms with van der Waals surface area (Å²) in [7, 11) is 0. The van der Waals surface area contributed by atoms with E-state index in [1.165, 1.54) is 0 Å². The van der Waals surface area contributed by atoms with Gasteiger partial charge in [0.15, 0.2) is 0 Å². The number of rotatable bonds is 3. The molecule has 0 aromatic heterocycles. The number of carbonyl (C=O) groups excluding carboxylic acids is 1. The van der Waals surface area contributed by atoms with E-state index in [9.17, 15) is 4.79 Å². The molecule has 2 rings (SSSR count). The number of nitrogens with two attached hydrogens (primary N) is 1. The summed E-state index contributed by atoms with van der Waals surface area (Å²) in [4.78, 5) is 12.4. The van der Waals surface area contributed by atoms with Crippen LogP contribution in [0.5, 0.6) is 0 Å². The third-order valence-corrected chi connectivity index (χ3v) is 3.64. The molecule has 20 heavy (non-hydrogen) atoms. The first kappa shape index (κ1) is 15.0. The molecule has 0 fully saturated rings. The van der Waals surface area contributed by atoms with Crippen LogP contribution in [-0.2, 0) is 0 Å². The zero-order valence-electron chi connectivity index (χ0n) is 10.2. The minimum absolute atomic E-state index is 0.250. The molecule has 6 heteroatoms. The van der Waals surface area contributed by atoms with Crippen molar-refractivity contribution in [3.05, 3.63) is 63.1 Å². The first-order chi connectivity index (χ1) is 9.47. The number of hydrogen-bond donors (Lipinski definition) is 2. The van der Waals surface area contributed by atoms with Crippen molar-refractivity contribution < 1.29 is 4.79 Å². The Labute approximate surface area is 135 Å². The second kappa shape index (κ2) is 6.35. The van der Waals surface area contributed by atoms with E-state index in [0.29, 0.717) is 21.8 Å². The van der Waals surface area contributed by atoms with Gasteiger partial charge in [-0.05, 0) is 30.3 Å². The van der Waals surface area contributed by atoms with Crippen molar-refractivity contribution in [1.29, 1.82) is 0 Å². The van der Waals surface area contributed by atoms with Crippen molar-refractivity contribution in [2.45, 2.75) is 0 Å². The predicted octanol–water partition coefficient (Wildman–Crippen LogP) is 3.99. The molecule has 0 unspecified atom stereocenters. The Hall–Kier alpha value is -1.43. The van der Waals surface area contributed by atoms with E-state index in [4.69, 9.17) is 29.6 Å². The monoisotopic (exact) mass is 368 g/mol. The summed E-state index contributed by atoms with van der Waals surface area (Å²) in [5, 5.41) is 3.17.